The first-order valence-corrected chi connectivity index (χ1v) is 10.3. The van der Waals surface area contributed by atoms with Crippen molar-refractivity contribution in [1.29, 1.82) is 0 Å². The van der Waals surface area contributed by atoms with E-state index in [1.54, 1.807) is 18.2 Å². The summed E-state index contributed by atoms with van der Waals surface area (Å²) in [5.41, 5.74) is 2.78. The van der Waals surface area contributed by atoms with Gasteiger partial charge in [-0.3, -0.25) is 19.3 Å². The fourth-order valence-corrected chi connectivity index (χ4v) is 3.82. The van der Waals surface area contributed by atoms with E-state index < -0.39 is 5.91 Å². The number of hydrogen-bond acceptors (Lipinski definition) is 5. The van der Waals surface area contributed by atoms with Gasteiger partial charge in [0.2, 0.25) is 0 Å². The number of amides is 3. The Labute approximate surface area is 183 Å². The molecule has 2 N–H and O–H groups in total. The highest BCUT2D eigenvalue weighted by molar-refractivity contribution is 6.22. The summed E-state index contributed by atoms with van der Waals surface area (Å²) < 4.78 is 5.24. The molecule has 5 rings (SSSR count). The molecule has 0 bridgehead atoms. The lowest BCUT2D eigenvalue weighted by atomic mass is 10.1. The molecule has 1 aliphatic rings. The van der Waals surface area contributed by atoms with E-state index in [0.717, 1.165) is 21.8 Å². The van der Waals surface area contributed by atoms with Crippen molar-refractivity contribution < 1.29 is 18.8 Å². The van der Waals surface area contributed by atoms with Gasteiger partial charge in [0.25, 0.3) is 17.7 Å². The van der Waals surface area contributed by atoms with Gasteiger partial charge in [-0.05, 0) is 48.9 Å². The molecule has 8 nitrogen and oxygen atoms in total. The highest BCUT2D eigenvalue weighted by Gasteiger charge is 2.36. The van der Waals surface area contributed by atoms with Crippen molar-refractivity contribution in [1.82, 2.24) is 20.2 Å². The number of imide groups is 1. The number of aryl methyl sites for hydroxylation is 1. The molecule has 0 saturated carbocycles. The van der Waals surface area contributed by atoms with Gasteiger partial charge in [0.05, 0.1) is 35.0 Å². The van der Waals surface area contributed by atoms with Crippen LogP contribution in [0.25, 0.3) is 11.0 Å². The number of carbonyl (C=O) groups excluding carboxylic acids is 3. The van der Waals surface area contributed by atoms with Gasteiger partial charge < -0.3 is 14.7 Å². The van der Waals surface area contributed by atoms with Crippen LogP contribution in [-0.2, 0) is 13.0 Å². The Morgan fingerprint density at radius 2 is 1.88 bits per heavy atom. The molecule has 0 unspecified atom stereocenters. The summed E-state index contributed by atoms with van der Waals surface area (Å²) in [5.74, 6) is 0.280. The smallest absolute Gasteiger partial charge is 0.261 e. The number of rotatable bonds is 7. The van der Waals surface area contributed by atoms with Crippen LogP contribution in [0.5, 0.6) is 0 Å². The topological polar surface area (TPSA) is 108 Å². The van der Waals surface area contributed by atoms with Gasteiger partial charge in [0, 0.05) is 18.5 Å². The summed E-state index contributed by atoms with van der Waals surface area (Å²) in [6.07, 6.45) is 2.91. The van der Waals surface area contributed by atoms with Gasteiger partial charge in [-0.25, -0.2) is 4.98 Å². The summed E-state index contributed by atoms with van der Waals surface area (Å²) in [7, 11) is 0. The number of nitrogens with one attached hydrogen (secondary N) is 2. The first-order chi connectivity index (χ1) is 15.6. The van der Waals surface area contributed by atoms with E-state index >= 15 is 0 Å². The number of aromatic nitrogens is 2. The molecular weight excluding hydrogens is 408 g/mol. The summed E-state index contributed by atoms with van der Waals surface area (Å²) >= 11 is 0. The second-order valence-electron chi connectivity index (χ2n) is 7.60. The monoisotopic (exact) mass is 428 g/mol. The fourth-order valence-electron chi connectivity index (χ4n) is 3.82. The van der Waals surface area contributed by atoms with E-state index in [-0.39, 0.29) is 23.9 Å². The van der Waals surface area contributed by atoms with Crippen LogP contribution in [0.2, 0.25) is 0 Å². The second kappa shape index (κ2) is 8.14. The van der Waals surface area contributed by atoms with Crippen LogP contribution < -0.4 is 5.32 Å². The molecule has 0 spiro atoms. The lowest BCUT2D eigenvalue weighted by molar-refractivity contribution is 0.0631. The molecule has 1 aliphatic heterocycles. The van der Waals surface area contributed by atoms with E-state index in [9.17, 15) is 14.4 Å². The predicted molar refractivity (Wildman–Crippen MR) is 116 cm³/mol. The number of benzene rings is 2. The van der Waals surface area contributed by atoms with E-state index in [1.807, 2.05) is 24.3 Å². The Bertz CT molecular complexity index is 1290. The zero-order valence-corrected chi connectivity index (χ0v) is 17.1. The number of nitrogens with zero attached hydrogens (tertiary/aromatic N) is 2. The van der Waals surface area contributed by atoms with Crippen LogP contribution in [0.15, 0.2) is 65.3 Å². The van der Waals surface area contributed by atoms with Crippen LogP contribution in [0.3, 0.4) is 0 Å². The summed E-state index contributed by atoms with van der Waals surface area (Å²) in [6.45, 7) is 0.521. The van der Waals surface area contributed by atoms with Crippen molar-refractivity contribution >= 4 is 28.8 Å². The van der Waals surface area contributed by atoms with Crippen LogP contribution in [0.1, 0.15) is 49.1 Å². The van der Waals surface area contributed by atoms with Crippen molar-refractivity contribution in [3.05, 3.63) is 89.1 Å². The molecule has 0 radical (unpaired) electrons. The zero-order valence-electron chi connectivity index (χ0n) is 17.1. The molecule has 2 aromatic carbocycles. The fraction of sp³-hybridized carbons (Fsp3) is 0.167. The Hall–Kier alpha value is -4.20. The van der Waals surface area contributed by atoms with Crippen LogP contribution in [0, 0.1) is 0 Å². The van der Waals surface area contributed by atoms with E-state index in [4.69, 9.17) is 4.42 Å². The molecule has 0 aliphatic carbocycles. The van der Waals surface area contributed by atoms with Crippen molar-refractivity contribution in [2.45, 2.75) is 19.4 Å². The minimum atomic E-state index is -0.430. The molecular formula is C24H20N4O4. The van der Waals surface area contributed by atoms with Gasteiger partial charge in [-0.15, -0.1) is 0 Å². The maximum Gasteiger partial charge on any atom is 0.261 e. The molecule has 8 heteroatoms. The Kier molecular flexibility index (Phi) is 5.03. The van der Waals surface area contributed by atoms with Crippen LogP contribution in [0.4, 0.5) is 0 Å². The normalized spacial score (nSPS) is 13.1. The lowest BCUT2D eigenvalue weighted by Gasteiger charge is -2.11. The first kappa shape index (κ1) is 19.7. The lowest BCUT2D eigenvalue weighted by Crippen LogP contribution is -2.28. The van der Waals surface area contributed by atoms with Crippen molar-refractivity contribution in [3.8, 4) is 0 Å². The van der Waals surface area contributed by atoms with Gasteiger partial charge in [0.1, 0.15) is 11.6 Å². The molecule has 0 fully saturated rings. The molecule has 3 amide bonds. The van der Waals surface area contributed by atoms with Gasteiger partial charge >= 0.3 is 0 Å². The molecule has 160 valence electrons. The molecule has 3 heterocycles. The van der Waals surface area contributed by atoms with E-state index in [1.165, 1.54) is 18.4 Å². The minimum Gasteiger partial charge on any atom is -0.467 e. The van der Waals surface area contributed by atoms with Crippen molar-refractivity contribution in [2.24, 2.45) is 0 Å². The number of hydrogen-bond donors (Lipinski definition) is 2. The number of aromatic amines is 1. The molecule has 2 aromatic heterocycles. The Balaban J connectivity index is 1.19. The number of carbonyl (C=O) groups is 3. The van der Waals surface area contributed by atoms with Crippen LogP contribution in [-0.4, -0.2) is 39.1 Å². The maximum atomic E-state index is 12.7. The van der Waals surface area contributed by atoms with Crippen molar-refractivity contribution in [2.75, 3.05) is 6.54 Å². The third kappa shape index (κ3) is 3.66. The number of para-hydroxylation sites is 2. The summed E-state index contributed by atoms with van der Waals surface area (Å²) in [6, 6.07) is 15.8. The van der Waals surface area contributed by atoms with Crippen LogP contribution >= 0.6 is 0 Å². The SMILES string of the molecule is O=C(NCCCc1nc2ccccc2[nH]1)c1ccc2c(c1)C(=O)N(Cc1ccco1)C2=O. The van der Waals surface area contributed by atoms with Gasteiger partial charge in [-0.1, -0.05) is 12.1 Å². The number of furan rings is 1. The molecule has 0 atom stereocenters. The standard InChI is InChI=1S/C24H20N4O4/c29-22(25-11-3-8-21-26-19-6-1-2-7-20(19)27-21)15-9-10-17-18(13-15)24(31)28(23(17)30)14-16-5-4-12-32-16/h1-2,4-7,9-10,12-13H,3,8,11,14H2,(H,25,29)(H,26,27). The minimum absolute atomic E-state index is 0.0582. The average molecular weight is 428 g/mol. The summed E-state index contributed by atoms with van der Waals surface area (Å²) in [4.78, 5) is 46.8. The highest BCUT2D eigenvalue weighted by atomic mass is 16.3. The highest BCUT2D eigenvalue weighted by Crippen LogP contribution is 2.25. The van der Waals surface area contributed by atoms with Gasteiger partial charge in [0.15, 0.2) is 0 Å². The third-order valence-corrected chi connectivity index (χ3v) is 5.44. The molecule has 32 heavy (non-hydrogen) atoms. The second-order valence-corrected chi connectivity index (χ2v) is 7.60. The van der Waals surface area contributed by atoms with Crippen molar-refractivity contribution in [3.63, 3.8) is 0 Å². The first-order valence-electron chi connectivity index (χ1n) is 10.3. The Morgan fingerprint density at radius 1 is 1.03 bits per heavy atom. The number of H-pyrrole nitrogens is 1. The molecule has 4 aromatic rings. The third-order valence-electron chi connectivity index (χ3n) is 5.44. The average Bonchev–Trinajstić information content (AvgIpc) is 3.52. The quantitative estimate of drug-likeness (QED) is 0.347. The Morgan fingerprint density at radius 3 is 2.69 bits per heavy atom. The van der Waals surface area contributed by atoms with Gasteiger partial charge in [-0.2, -0.15) is 0 Å². The van der Waals surface area contributed by atoms with E-state index in [2.05, 4.69) is 15.3 Å². The molecule has 0 saturated heterocycles. The largest absolute Gasteiger partial charge is 0.467 e. The predicted octanol–water partition coefficient (Wildman–Crippen LogP) is 3.31. The zero-order chi connectivity index (χ0) is 22.1. The number of fused-ring (bicyclic) bond motifs is 2. The number of imidazole rings is 1. The van der Waals surface area contributed by atoms with E-state index in [0.29, 0.717) is 36.3 Å². The maximum absolute atomic E-state index is 12.7. The summed E-state index contributed by atoms with van der Waals surface area (Å²) in [5, 5.41) is 2.86.